The lowest BCUT2D eigenvalue weighted by Crippen LogP contribution is -2.32. The third kappa shape index (κ3) is 2.26. The zero-order chi connectivity index (χ0) is 12.5. The van der Waals surface area contributed by atoms with Crippen molar-refractivity contribution in [3.63, 3.8) is 0 Å². The molecule has 94 valence electrons. The van der Waals surface area contributed by atoms with Gasteiger partial charge in [0.15, 0.2) is 0 Å². The van der Waals surface area contributed by atoms with Gasteiger partial charge in [0, 0.05) is 23.0 Å². The summed E-state index contributed by atoms with van der Waals surface area (Å²) in [7, 11) is 1.59. The van der Waals surface area contributed by atoms with Crippen LogP contribution in [0.2, 0.25) is 10.0 Å². The maximum atomic E-state index is 6.33. The smallest absolute Gasteiger partial charge is 0.138 e. The molecule has 1 aliphatic carbocycles. The normalized spacial score (nSPS) is 18.4. The predicted octanol–water partition coefficient (Wildman–Crippen LogP) is 3.77. The molecule has 4 heteroatoms. The van der Waals surface area contributed by atoms with E-state index >= 15 is 0 Å². The van der Waals surface area contributed by atoms with Crippen molar-refractivity contribution >= 4 is 23.2 Å². The highest BCUT2D eigenvalue weighted by Gasteiger charge is 2.36. The molecule has 1 aliphatic rings. The Bertz CT molecular complexity index is 414. The molecule has 0 aliphatic heterocycles. The maximum absolute atomic E-state index is 6.33. The van der Waals surface area contributed by atoms with Crippen molar-refractivity contribution < 1.29 is 4.74 Å². The summed E-state index contributed by atoms with van der Waals surface area (Å²) in [4.78, 5) is 0. The summed E-state index contributed by atoms with van der Waals surface area (Å²) in [6.45, 7) is 0.620. The van der Waals surface area contributed by atoms with Crippen LogP contribution in [-0.4, -0.2) is 13.7 Å². The third-order valence-electron chi connectivity index (χ3n) is 3.76. The summed E-state index contributed by atoms with van der Waals surface area (Å²) in [5.74, 6) is 0.616. The molecule has 0 heterocycles. The van der Waals surface area contributed by atoms with Gasteiger partial charge in [0.2, 0.25) is 0 Å². The van der Waals surface area contributed by atoms with Gasteiger partial charge in [0.25, 0.3) is 0 Å². The minimum Gasteiger partial charge on any atom is -0.495 e. The number of methoxy groups -OCH3 is 1. The summed E-state index contributed by atoms with van der Waals surface area (Å²) in [6.07, 6.45) is 4.59. The van der Waals surface area contributed by atoms with Crippen LogP contribution in [0.1, 0.15) is 31.2 Å². The Morgan fingerprint density at radius 1 is 1.24 bits per heavy atom. The first-order valence-electron chi connectivity index (χ1n) is 5.86. The van der Waals surface area contributed by atoms with Crippen molar-refractivity contribution in [1.82, 2.24) is 0 Å². The first-order chi connectivity index (χ1) is 8.13. The highest BCUT2D eigenvalue weighted by molar-refractivity contribution is 6.34. The van der Waals surface area contributed by atoms with Crippen LogP contribution in [0.15, 0.2) is 12.1 Å². The van der Waals surface area contributed by atoms with Gasteiger partial charge in [-0.2, -0.15) is 0 Å². The molecule has 0 saturated heterocycles. The molecule has 0 unspecified atom stereocenters. The van der Waals surface area contributed by atoms with Gasteiger partial charge in [-0.1, -0.05) is 36.0 Å². The minimum atomic E-state index is 0.00694. The SMILES string of the molecule is COc1cc(Cl)c(C2(CN)CCCC2)cc1Cl. The van der Waals surface area contributed by atoms with Gasteiger partial charge in [-0.25, -0.2) is 0 Å². The fourth-order valence-corrected chi connectivity index (χ4v) is 3.32. The van der Waals surface area contributed by atoms with Crippen LogP contribution >= 0.6 is 23.2 Å². The Morgan fingerprint density at radius 3 is 2.41 bits per heavy atom. The van der Waals surface area contributed by atoms with Gasteiger partial charge < -0.3 is 10.5 Å². The monoisotopic (exact) mass is 273 g/mol. The molecular formula is C13H17Cl2NO. The Labute approximate surface area is 112 Å². The van der Waals surface area contributed by atoms with Crippen molar-refractivity contribution in [1.29, 1.82) is 0 Å². The molecule has 1 aromatic carbocycles. The Kier molecular flexibility index (Phi) is 3.86. The number of halogens is 2. The average Bonchev–Trinajstić information content (AvgIpc) is 2.81. The molecule has 0 spiro atoms. The van der Waals surface area contributed by atoms with E-state index in [-0.39, 0.29) is 5.41 Å². The van der Waals surface area contributed by atoms with Crippen molar-refractivity contribution in [2.24, 2.45) is 5.73 Å². The molecule has 0 atom stereocenters. The van der Waals surface area contributed by atoms with E-state index in [4.69, 9.17) is 33.7 Å². The molecule has 0 amide bonds. The van der Waals surface area contributed by atoms with E-state index < -0.39 is 0 Å². The molecule has 2 rings (SSSR count). The summed E-state index contributed by atoms with van der Waals surface area (Å²) in [6, 6.07) is 3.70. The highest BCUT2D eigenvalue weighted by Crippen LogP contribution is 2.45. The van der Waals surface area contributed by atoms with Crippen LogP contribution in [0.4, 0.5) is 0 Å². The van der Waals surface area contributed by atoms with Crippen LogP contribution in [0, 0.1) is 0 Å². The third-order valence-corrected chi connectivity index (χ3v) is 4.37. The number of rotatable bonds is 3. The van der Waals surface area contributed by atoms with E-state index in [1.807, 2.05) is 6.07 Å². The predicted molar refractivity (Wildman–Crippen MR) is 72.2 cm³/mol. The van der Waals surface area contributed by atoms with E-state index in [0.717, 1.165) is 18.4 Å². The summed E-state index contributed by atoms with van der Waals surface area (Å²) in [5.41, 5.74) is 7.04. The van der Waals surface area contributed by atoms with Crippen molar-refractivity contribution in [2.75, 3.05) is 13.7 Å². The van der Waals surface area contributed by atoms with Crippen LogP contribution in [0.5, 0.6) is 5.75 Å². The van der Waals surface area contributed by atoms with E-state index in [2.05, 4.69) is 0 Å². The van der Waals surface area contributed by atoms with Crippen LogP contribution in [0.3, 0.4) is 0 Å². The standard InChI is InChI=1S/C13H17Cl2NO/c1-17-12-7-10(14)9(6-11(12)15)13(8-16)4-2-3-5-13/h6-7H,2-5,8,16H2,1H3. The Balaban J connectivity index is 2.47. The Morgan fingerprint density at radius 2 is 1.88 bits per heavy atom. The lowest BCUT2D eigenvalue weighted by molar-refractivity contribution is 0.412. The summed E-state index contributed by atoms with van der Waals surface area (Å²) >= 11 is 12.5. The Hall–Kier alpha value is -0.440. The minimum absolute atomic E-state index is 0.00694. The van der Waals surface area contributed by atoms with Crippen LogP contribution in [0.25, 0.3) is 0 Å². The number of hydrogen-bond donors (Lipinski definition) is 1. The molecule has 1 saturated carbocycles. The van der Waals surface area contributed by atoms with Gasteiger partial charge in [-0.3, -0.25) is 0 Å². The maximum Gasteiger partial charge on any atom is 0.138 e. The molecule has 1 fully saturated rings. The topological polar surface area (TPSA) is 35.2 Å². The second kappa shape index (κ2) is 5.05. The van der Waals surface area contributed by atoms with Crippen molar-refractivity contribution in [3.8, 4) is 5.75 Å². The van der Waals surface area contributed by atoms with Crippen molar-refractivity contribution in [3.05, 3.63) is 27.7 Å². The van der Waals surface area contributed by atoms with Gasteiger partial charge >= 0.3 is 0 Å². The number of ether oxygens (including phenoxy) is 1. The summed E-state index contributed by atoms with van der Waals surface area (Å²) in [5, 5.41) is 1.31. The number of benzene rings is 1. The number of nitrogens with two attached hydrogens (primary N) is 1. The molecule has 0 radical (unpaired) electrons. The van der Waals surface area contributed by atoms with Gasteiger partial charge in [0.1, 0.15) is 5.75 Å². The largest absolute Gasteiger partial charge is 0.495 e. The second-order valence-electron chi connectivity index (χ2n) is 4.66. The molecule has 17 heavy (non-hydrogen) atoms. The van der Waals surface area contributed by atoms with E-state index in [0.29, 0.717) is 22.3 Å². The highest BCUT2D eigenvalue weighted by atomic mass is 35.5. The molecule has 1 aromatic rings. The average molecular weight is 274 g/mol. The zero-order valence-electron chi connectivity index (χ0n) is 9.93. The van der Waals surface area contributed by atoms with Gasteiger partial charge in [-0.15, -0.1) is 0 Å². The fourth-order valence-electron chi connectivity index (χ4n) is 2.73. The lowest BCUT2D eigenvalue weighted by Gasteiger charge is -2.29. The number of hydrogen-bond acceptors (Lipinski definition) is 2. The fraction of sp³-hybridized carbons (Fsp3) is 0.538. The quantitative estimate of drug-likeness (QED) is 0.910. The molecule has 0 bridgehead atoms. The molecular weight excluding hydrogens is 257 g/mol. The van der Waals surface area contributed by atoms with E-state index in [1.165, 1.54) is 12.8 Å². The molecule has 0 aromatic heterocycles. The van der Waals surface area contributed by atoms with E-state index in [1.54, 1.807) is 13.2 Å². The molecule has 2 N–H and O–H groups in total. The van der Waals surface area contributed by atoms with E-state index in [9.17, 15) is 0 Å². The molecule has 2 nitrogen and oxygen atoms in total. The first-order valence-corrected chi connectivity index (χ1v) is 6.62. The van der Waals surface area contributed by atoms with Crippen LogP contribution in [-0.2, 0) is 5.41 Å². The lowest BCUT2D eigenvalue weighted by atomic mass is 9.79. The zero-order valence-corrected chi connectivity index (χ0v) is 11.4. The van der Waals surface area contributed by atoms with Gasteiger partial charge in [0.05, 0.1) is 12.1 Å². The first kappa shape index (κ1) is 13.0. The van der Waals surface area contributed by atoms with Crippen LogP contribution < -0.4 is 10.5 Å². The second-order valence-corrected chi connectivity index (χ2v) is 5.47. The van der Waals surface area contributed by atoms with Gasteiger partial charge in [-0.05, 0) is 24.5 Å². The van der Waals surface area contributed by atoms with Crippen molar-refractivity contribution in [2.45, 2.75) is 31.1 Å². The summed E-state index contributed by atoms with van der Waals surface area (Å²) < 4.78 is 5.16.